The molecule has 0 saturated carbocycles. The van der Waals surface area contributed by atoms with Crippen LogP contribution in [0.2, 0.25) is 0 Å². The Kier molecular flexibility index (Phi) is 5.83. The second-order valence-electron chi connectivity index (χ2n) is 5.79. The molecule has 3 aromatic carbocycles. The third-order valence-corrected chi connectivity index (χ3v) is 4.07. The van der Waals surface area contributed by atoms with Crippen LogP contribution in [0.3, 0.4) is 0 Å². The summed E-state index contributed by atoms with van der Waals surface area (Å²) in [5.74, 6) is 0. The van der Waals surface area contributed by atoms with Gasteiger partial charge in [-0.3, -0.25) is 0 Å². The minimum Gasteiger partial charge on any atom is -0.419 e. The van der Waals surface area contributed by atoms with E-state index in [1.807, 2.05) is 25.2 Å². The first-order chi connectivity index (χ1) is 11.9. The van der Waals surface area contributed by atoms with E-state index in [1.165, 1.54) is 16.5 Å². The molecule has 0 amide bonds. The van der Waals surface area contributed by atoms with Crippen LogP contribution in [-0.4, -0.2) is 20.5 Å². The van der Waals surface area contributed by atoms with Crippen LogP contribution in [0.5, 0.6) is 0 Å². The zero-order valence-electron chi connectivity index (χ0n) is 13.9. The van der Waals surface area contributed by atoms with Gasteiger partial charge in [-0.25, -0.2) is 0 Å². The molecule has 0 aliphatic rings. The van der Waals surface area contributed by atoms with Gasteiger partial charge in [-0.1, -0.05) is 91.0 Å². The van der Waals surface area contributed by atoms with Gasteiger partial charge in [0.2, 0.25) is 0 Å². The van der Waals surface area contributed by atoms with E-state index >= 15 is 0 Å². The van der Waals surface area contributed by atoms with Crippen molar-refractivity contribution in [3.63, 3.8) is 0 Å². The maximum Gasteiger partial charge on any atom is 0.362 e. The summed E-state index contributed by atoms with van der Waals surface area (Å²) in [5, 5.41) is 3.25. The fraction of sp³-hybridized carbons (Fsp3) is 0.143. The normalized spacial score (nSPS) is 11.9. The number of likely N-dealkylation sites (N-methyl/N-ethyl adjacent to an activating group) is 1. The molecule has 120 valence electrons. The predicted molar refractivity (Wildman–Crippen MR) is 102 cm³/mol. The summed E-state index contributed by atoms with van der Waals surface area (Å²) in [6, 6.07) is 31.2. The fourth-order valence-corrected chi connectivity index (χ4v) is 2.87. The molecule has 2 nitrogen and oxygen atoms in total. The van der Waals surface area contributed by atoms with E-state index in [4.69, 9.17) is 4.65 Å². The summed E-state index contributed by atoms with van der Waals surface area (Å²) in [6.07, 6.45) is -0.0124. The highest BCUT2D eigenvalue weighted by atomic mass is 16.4. The molecule has 0 aromatic heterocycles. The lowest BCUT2D eigenvalue weighted by Gasteiger charge is -2.24. The van der Waals surface area contributed by atoms with Crippen LogP contribution in [0.4, 0.5) is 0 Å². The second kappa shape index (κ2) is 8.48. The predicted octanol–water partition coefficient (Wildman–Crippen LogP) is 2.77. The molecule has 0 bridgehead atoms. The summed E-state index contributed by atoms with van der Waals surface area (Å²) < 4.78 is 6.59. The largest absolute Gasteiger partial charge is 0.419 e. The molecule has 0 heterocycles. The minimum absolute atomic E-state index is 0.0124. The first-order valence-corrected chi connectivity index (χ1v) is 8.33. The molecule has 0 saturated heterocycles. The Balaban J connectivity index is 1.93. The highest BCUT2D eigenvalue weighted by Gasteiger charge is 2.25. The van der Waals surface area contributed by atoms with E-state index in [1.54, 1.807) is 0 Å². The van der Waals surface area contributed by atoms with Gasteiger partial charge in [-0.2, -0.15) is 0 Å². The van der Waals surface area contributed by atoms with Gasteiger partial charge < -0.3 is 9.97 Å². The zero-order valence-corrected chi connectivity index (χ0v) is 13.9. The maximum atomic E-state index is 6.59. The topological polar surface area (TPSA) is 21.3 Å². The van der Waals surface area contributed by atoms with Gasteiger partial charge in [-0.15, -0.1) is 0 Å². The van der Waals surface area contributed by atoms with Gasteiger partial charge in [0.25, 0.3) is 0 Å². The highest BCUT2D eigenvalue weighted by molar-refractivity contribution is 6.80. The average Bonchev–Trinajstić information content (AvgIpc) is 2.67. The number of hydrogen-bond acceptors (Lipinski definition) is 2. The Morgan fingerprint density at radius 3 is 1.67 bits per heavy atom. The molecule has 3 heteroatoms. The van der Waals surface area contributed by atoms with Crippen LogP contribution < -0.4 is 16.2 Å². The molecule has 0 unspecified atom stereocenters. The van der Waals surface area contributed by atoms with Crippen LogP contribution >= 0.6 is 0 Å². The Morgan fingerprint density at radius 1 is 0.750 bits per heavy atom. The van der Waals surface area contributed by atoms with E-state index in [-0.39, 0.29) is 13.0 Å². The van der Waals surface area contributed by atoms with Crippen molar-refractivity contribution in [2.24, 2.45) is 0 Å². The van der Waals surface area contributed by atoms with Gasteiger partial charge in [0.1, 0.15) is 0 Å². The molecular weight excluding hydrogens is 293 g/mol. The van der Waals surface area contributed by atoms with Crippen LogP contribution in [0, 0.1) is 0 Å². The smallest absolute Gasteiger partial charge is 0.362 e. The van der Waals surface area contributed by atoms with Crippen molar-refractivity contribution in [3.05, 3.63) is 96.6 Å². The third kappa shape index (κ3) is 4.13. The van der Waals surface area contributed by atoms with E-state index < -0.39 is 0 Å². The molecule has 0 aliphatic heterocycles. The van der Waals surface area contributed by atoms with Gasteiger partial charge in [0.15, 0.2) is 0 Å². The van der Waals surface area contributed by atoms with Crippen LogP contribution in [0.15, 0.2) is 91.0 Å². The SMILES string of the molecule is CNC[C@@H](OB(c1ccccc1)c1ccccc1)c1ccccc1. The third-order valence-electron chi connectivity index (χ3n) is 4.07. The monoisotopic (exact) mass is 315 g/mol. The fourth-order valence-electron chi connectivity index (χ4n) is 2.87. The molecule has 0 fully saturated rings. The van der Waals surface area contributed by atoms with Crippen LogP contribution in [-0.2, 0) is 4.65 Å². The van der Waals surface area contributed by atoms with E-state index in [0.29, 0.717) is 0 Å². The van der Waals surface area contributed by atoms with E-state index in [9.17, 15) is 0 Å². The Hall–Kier alpha value is -2.36. The number of hydrogen-bond donors (Lipinski definition) is 1. The molecule has 3 aromatic rings. The second-order valence-corrected chi connectivity index (χ2v) is 5.79. The molecular formula is C21H22BNO. The van der Waals surface area contributed by atoms with E-state index in [0.717, 1.165) is 6.54 Å². The van der Waals surface area contributed by atoms with Gasteiger partial charge in [-0.05, 0) is 23.5 Å². The molecule has 0 spiro atoms. The summed E-state index contributed by atoms with van der Waals surface area (Å²) in [5.41, 5.74) is 3.52. The standard InChI is InChI=1S/C21H22BNO/c1-23-17-21(18-11-5-2-6-12-18)24-22(19-13-7-3-8-14-19)20-15-9-4-10-16-20/h2-16,21,23H,17H2,1H3/t21-/m1/s1. The Labute approximate surface area is 144 Å². The number of rotatable bonds is 7. The minimum atomic E-state index is -0.0917. The molecule has 1 atom stereocenters. The lowest BCUT2D eigenvalue weighted by atomic mass is 9.55. The average molecular weight is 315 g/mol. The van der Waals surface area contributed by atoms with E-state index in [2.05, 4.69) is 78.1 Å². The molecule has 0 radical (unpaired) electrons. The van der Waals surface area contributed by atoms with Crippen molar-refractivity contribution in [1.82, 2.24) is 5.32 Å². The molecule has 0 aliphatic carbocycles. The van der Waals surface area contributed by atoms with Crippen LogP contribution in [0.25, 0.3) is 0 Å². The van der Waals surface area contributed by atoms with Crippen molar-refractivity contribution in [3.8, 4) is 0 Å². The first-order valence-electron chi connectivity index (χ1n) is 8.33. The van der Waals surface area contributed by atoms with Gasteiger partial charge >= 0.3 is 6.92 Å². The summed E-state index contributed by atoms with van der Waals surface area (Å²) in [4.78, 5) is 0. The number of benzene rings is 3. The first kappa shape index (κ1) is 16.5. The summed E-state index contributed by atoms with van der Waals surface area (Å²) in [7, 11) is 1.96. The number of nitrogens with one attached hydrogen (secondary N) is 1. The van der Waals surface area contributed by atoms with Crippen molar-refractivity contribution in [2.45, 2.75) is 6.10 Å². The van der Waals surface area contributed by atoms with Crippen LogP contribution in [0.1, 0.15) is 11.7 Å². The van der Waals surface area contributed by atoms with Gasteiger partial charge in [0, 0.05) is 6.54 Å². The highest BCUT2D eigenvalue weighted by Crippen LogP contribution is 2.17. The van der Waals surface area contributed by atoms with Crippen molar-refractivity contribution < 1.29 is 4.65 Å². The van der Waals surface area contributed by atoms with Gasteiger partial charge in [0.05, 0.1) is 6.10 Å². The molecule has 1 N–H and O–H groups in total. The molecule has 3 rings (SSSR count). The van der Waals surface area contributed by atoms with Crippen molar-refractivity contribution in [2.75, 3.05) is 13.6 Å². The quantitative estimate of drug-likeness (QED) is 0.677. The summed E-state index contributed by atoms with van der Waals surface area (Å²) in [6.45, 7) is 0.672. The Morgan fingerprint density at radius 2 is 1.21 bits per heavy atom. The maximum absolute atomic E-state index is 6.59. The van der Waals surface area contributed by atoms with Crippen molar-refractivity contribution >= 4 is 17.8 Å². The zero-order chi connectivity index (χ0) is 16.6. The van der Waals surface area contributed by atoms with Crippen molar-refractivity contribution in [1.29, 1.82) is 0 Å². The lowest BCUT2D eigenvalue weighted by molar-refractivity contribution is 0.213. The Bertz CT molecular complexity index is 679. The lowest BCUT2D eigenvalue weighted by Crippen LogP contribution is -2.46. The summed E-state index contributed by atoms with van der Waals surface area (Å²) >= 11 is 0. The molecule has 24 heavy (non-hydrogen) atoms.